The number of anilines is 1. The summed E-state index contributed by atoms with van der Waals surface area (Å²) in [4.78, 5) is 10.7. The minimum atomic E-state index is 0.516. The molecule has 0 unspecified atom stereocenters. The second-order valence-corrected chi connectivity index (χ2v) is 4.78. The van der Waals surface area contributed by atoms with Crippen LogP contribution in [0.5, 0.6) is 0 Å². The summed E-state index contributed by atoms with van der Waals surface area (Å²) in [6, 6.07) is 10.2. The highest BCUT2D eigenvalue weighted by atomic mass is 15.1. The summed E-state index contributed by atoms with van der Waals surface area (Å²) in [7, 11) is 1.85. The van der Waals surface area contributed by atoms with Gasteiger partial charge in [-0.1, -0.05) is 12.1 Å². The molecular formula is C16H19N5. The molecule has 2 aromatic rings. The smallest absolute Gasteiger partial charge is 0.125 e. The molecule has 1 N–H and O–H groups in total. The number of pyridine rings is 2. The first kappa shape index (κ1) is 14.9. The fraction of sp³-hybridized carbons (Fsp3) is 0.312. The molecule has 2 aromatic heterocycles. The molecule has 0 radical (unpaired) electrons. The number of aromatic nitrogens is 2. The van der Waals surface area contributed by atoms with Gasteiger partial charge in [-0.25, -0.2) is 4.98 Å². The first-order valence-electron chi connectivity index (χ1n) is 6.92. The molecule has 5 heteroatoms. The molecule has 0 spiro atoms. The van der Waals surface area contributed by atoms with Gasteiger partial charge in [0.15, 0.2) is 0 Å². The Hall–Kier alpha value is -2.45. The predicted molar refractivity (Wildman–Crippen MR) is 82.4 cm³/mol. The number of rotatable bonds is 7. The van der Waals surface area contributed by atoms with Gasteiger partial charge in [0.25, 0.3) is 0 Å². The molecule has 0 aliphatic carbocycles. The first-order chi connectivity index (χ1) is 10.3. The normalized spacial score (nSPS) is 10.3. The number of nitriles is 1. The second-order valence-electron chi connectivity index (χ2n) is 4.78. The Morgan fingerprint density at radius 2 is 2.00 bits per heavy atom. The van der Waals surface area contributed by atoms with E-state index in [2.05, 4.69) is 38.4 Å². The lowest BCUT2D eigenvalue weighted by Gasteiger charge is -2.21. The molecule has 0 aliphatic rings. The van der Waals surface area contributed by atoms with Gasteiger partial charge < -0.3 is 5.32 Å². The van der Waals surface area contributed by atoms with E-state index < -0.39 is 0 Å². The Morgan fingerprint density at radius 1 is 1.19 bits per heavy atom. The van der Waals surface area contributed by atoms with Gasteiger partial charge in [-0.05, 0) is 23.3 Å². The van der Waals surface area contributed by atoms with Crippen molar-refractivity contribution in [2.24, 2.45) is 0 Å². The molecule has 0 amide bonds. The molecule has 0 saturated heterocycles. The lowest BCUT2D eigenvalue weighted by atomic mass is 10.2. The summed E-state index contributed by atoms with van der Waals surface area (Å²) in [5.74, 6) is 0.856. The number of hydrogen-bond donors (Lipinski definition) is 1. The van der Waals surface area contributed by atoms with Crippen molar-refractivity contribution in [3.05, 3.63) is 54.0 Å². The summed E-state index contributed by atoms with van der Waals surface area (Å²) < 4.78 is 0. The standard InChI is InChI=1S/C16H19N5/c1-18-16-6-5-15(11-20-16)13-21(9-3-7-17)12-14-4-2-8-19-10-14/h2,4-6,8,10-11H,3,9,12-13H2,1H3,(H,18,20). The van der Waals surface area contributed by atoms with E-state index in [4.69, 9.17) is 5.26 Å². The molecule has 0 aromatic carbocycles. The summed E-state index contributed by atoms with van der Waals surface area (Å²) in [5.41, 5.74) is 2.28. The molecule has 0 fully saturated rings. The average Bonchev–Trinajstić information content (AvgIpc) is 2.54. The van der Waals surface area contributed by atoms with Crippen molar-refractivity contribution in [1.29, 1.82) is 5.26 Å². The minimum absolute atomic E-state index is 0.516. The van der Waals surface area contributed by atoms with Crippen LogP contribution in [-0.2, 0) is 13.1 Å². The molecule has 0 aliphatic heterocycles. The molecule has 21 heavy (non-hydrogen) atoms. The Morgan fingerprint density at radius 3 is 2.57 bits per heavy atom. The Labute approximate surface area is 125 Å². The van der Waals surface area contributed by atoms with Gasteiger partial charge in [0.05, 0.1) is 6.07 Å². The third-order valence-electron chi connectivity index (χ3n) is 3.16. The van der Waals surface area contributed by atoms with Crippen molar-refractivity contribution in [1.82, 2.24) is 14.9 Å². The topological polar surface area (TPSA) is 64.8 Å². The van der Waals surface area contributed by atoms with Crippen molar-refractivity contribution in [2.75, 3.05) is 18.9 Å². The van der Waals surface area contributed by atoms with E-state index in [1.54, 1.807) is 6.20 Å². The lowest BCUT2D eigenvalue weighted by molar-refractivity contribution is 0.262. The molecule has 0 bridgehead atoms. The monoisotopic (exact) mass is 281 g/mol. The fourth-order valence-corrected chi connectivity index (χ4v) is 2.10. The van der Waals surface area contributed by atoms with E-state index in [0.29, 0.717) is 6.42 Å². The van der Waals surface area contributed by atoms with Crippen LogP contribution in [0.15, 0.2) is 42.9 Å². The zero-order valence-corrected chi connectivity index (χ0v) is 12.2. The largest absolute Gasteiger partial charge is 0.373 e. The Kier molecular flexibility index (Phi) is 5.68. The fourth-order valence-electron chi connectivity index (χ4n) is 2.10. The van der Waals surface area contributed by atoms with Crippen LogP contribution in [-0.4, -0.2) is 28.5 Å². The summed E-state index contributed by atoms with van der Waals surface area (Å²) in [6.45, 7) is 2.29. The molecule has 0 atom stereocenters. The van der Waals surface area contributed by atoms with Crippen LogP contribution < -0.4 is 5.32 Å². The van der Waals surface area contributed by atoms with Crippen LogP contribution >= 0.6 is 0 Å². The number of hydrogen-bond acceptors (Lipinski definition) is 5. The van der Waals surface area contributed by atoms with Crippen LogP contribution in [0.4, 0.5) is 5.82 Å². The maximum Gasteiger partial charge on any atom is 0.125 e. The van der Waals surface area contributed by atoms with Gasteiger partial charge >= 0.3 is 0 Å². The maximum absolute atomic E-state index is 8.81. The third kappa shape index (κ3) is 4.86. The molecular weight excluding hydrogens is 262 g/mol. The lowest BCUT2D eigenvalue weighted by Crippen LogP contribution is -2.24. The van der Waals surface area contributed by atoms with Crippen LogP contribution in [0, 0.1) is 11.3 Å². The maximum atomic E-state index is 8.81. The highest BCUT2D eigenvalue weighted by Gasteiger charge is 2.07. The molecule has 5 nitrogen and oxygen atoms in total. The second kappa shape index (κ2) is 7.98. The van der Waals surface area contributed by atoms with E-state index in [-0.39, 0.29) is 0 Å². The van der Waals surface area contributed by atoms with Crippen LogP contribution in [0.2, 0.25) is 0 Å². The Bertz CT molecular complexity index is 574. The quantitative estimate of drug-likeness (QED) is 0.844. The van der Waals surface area contributed by atoms with Gasteiger partial charge in [-0.3, -0.25) is 9.88 Å². The summed E-state index contributed by atoms with van der Waals surface area (Å²) in [6.07, 6.45) is 6.02. The van der Waals surface area contributed by atoms with E-state index in [1.807, 2.05) is 31.6 Å². The van der Waals surface area contributed by atoms with E-state index in [0.717, 1.165) is 36.6 Å². The summed E-state index contributed by atoms with van der Waals surface area (Å²) in [5, 5.41) is 11.8. The summed E-state index contributed by atoms with van der Waals surface area (Å²) >= 11 is 0. The zero-order valence-electron chi connectivity index (χ0n) is 12.2. The van der Waals surface area contributed by atoms with Gasteiger partial charge in [-0.15, -0.1) is 0 Å². The van der Waals surface area contributed by atoms with Crippen LogP contribution in [0.3, 0.4) is 0 Å². The van der Waals surface area contributed by atoms with E-state index in [9.17, 15) is 0 Å². The van der Waals surface area contributed by atoms with Crippen molar-refractivity contribution in [3.63, 3.8) is 0 Å². The number of nitrogens with one attached hydrogen (secondary N) is 1. The zero-order chi connectivity index (χ0) is 14.9. The Balaban J connectivity index is 2.03. The van der Waals surface area contributed by atoms with Gasteiger partial charge in [0.1, 0.15) is 5.82 Å². The van der Waals surface area contributed by atoms with Crippen LogP contribution in [0.25, 0.3) is 0 Å². The first-order valence-corrected chi connectivity index (χ1v) is 6.92. The van der Waals surface area contributed by atoms with Gasteiger partial charge in [-0.2, -0.15) is 5.26 Å². The highest BCUT2D eigenvalue weighted by Crippen LogP contribution is 2.11. The SMILES string of the molecule is CNc1ccc(CN(CCC#N)Cc2cccnc2)cn1. The molecule has 2 heterocycles. The van der Waals surface area contributed by atoms with E-state index in [1.165, 1.54) is 0 Å². The van der Waals surface area contributed by atoms with Crippen molar-refractivity contribution in [3.8, 4) is 6.07 Å². The van der Waals surface area contributed by atoms with Crippen LogP contribution in [0.1, 0.15) is 17.5 Å². The van der Waals surface area contributed by atoms with Gasteiger partial charge in [0.2, 0.25) is 0 Å². The average molecular weight is 281 g/mol. The highest BCUT2D eigenvalue weighted by molar-refractivity contribution is 5.34. The minimum Gasteiger partial charge on any atom is -0.373 e. The van der Waals surface area contributed by atoms with Gasteiger partial charge in [0, 0.05) is 51.7 Å². The number of nitrogens with zero attached hydrogens (tertiary/aromatic N) is 4. The predicted octanol–water partition coefficient (Wildman–Crippen LogP) is 2.43. The molecule has 2 rings (SSSR count). The van der Waals surface area contributed by atoms with Crippen molar-refractivity contribution in [2.45, 2.75) is 19.5 Å². The molecule has 108 valence electrons. The third-order valence-corrected chi connectivity index (χ3v) is 3.16. The van der Waals surface area contributed by atoms with Crippen molar-refractivity contribution >= 4 is 5.82 Å². The van der Waals surface area contributed by atoms with Crippen molar-refractivity contribution < 1.29 is 0 Å². The van der Waals surface area contributed by atoms with E-state index >= 15 is 0 Å². The molecule has 0 saturated carbocycles.